The van der Waals surface area contributed by atoms with E-state index in [9.17, 15) is 0 Å². The van der Waals surface area contributed by atoms with Crippen LogP contribution in [0.25, 0.3) is 0 Å². The first-order chi connectivity index (χ1) is 1.73. The van der Waals surface area contributed by atoms with Crippen molar-refractivity contribution in [3.63, 3.8) is 0 Å². The molecule has 5 heavy (non-hydrogen) atoms. The Morgan fingerprint density at radius 2 is 1.00 bits per heavy atom. The summed E-state index contributed by atoms with van der Waals surface area (Å²) in [6.07, 6.45) is 0. The minimum atomic E-state index is 0. The standard InChI is InChI=1S/C3H9Si.Ti/c1-4(2)3;/h1-3H3;. The summed E-state index contributed by atoms with van der Waals surface area (Å²) in [6.45, 7) is 6.81. The van der Waals surface area contributed by atoms with Crippen molar-refractivity contribution in [2.24, 2.45) is 0 Å². The van der Waals surface area contributed by atoms with E-state index < -0.39 is 0 Å². The van der Waals surface area contributed by atoms with Gasteiger partial charge in [0.15, 0.2) is 0 Å². The fourth-order valence-electron chi connectivity index (χ4n) is 0. The van der Waals surface area contributed by atoms with Crippen molar-refractivity contribution in [3.8, 4) is 0 Å². The molecular weight excluding hydrogens is 112 g/mol. The van der Waals surface area contributed by atoms with Crippen LogP contribution in [0.1, 0.15) is 0 Å². The minimum Gasteiger partial charge on any atom is -0.0715 e. The molecule has 0 heterocycles. The molecule has 0 N–H and O–H groups in total. The molecule has 0 saturated heterocycles. The summed E-state index contributed by atoms with van der Waals surface area (Å²) >= 11 is 0. The normalized spacial score (nSPS) is 7.20. The van der Waals surface area contributed by atoms with Crippen molar-refractivity contribution >= 4 is 8.80 Å². The van der Waals surface area contributed by atoms with Gasteiger partial charge < -0.3 is 0 Å². The topological polar surface area (TPSA) is 0 Å². The Balaban J connectivity index is 0. The molecule has 0 aromatic rings. The van der Waals surface area contributed by atoms with E-state index in [1.54, 1.807) is 0 Å². The summed E-state index contributed by atoms with van der Waals surface area (Å²) in [5.41, 5.74) is 0. The van der Waals surface area contributed by atoms with Crippen LogP contribution < -0.4 is 0 Å². The van der Waals surface area contributed by atoms with Gasteiger partial charge in [-0.2, -0.15) is 0 Å². The maximum absolute atomic E-state index is 2.27. The van der Waals surface area contributed by atoms with E-state index in [-0.39, 0.29) is 30.5 Å². The molecule has 0 aliphatic rings. The molecule has 2 heteroatoms. The second-order valence-electron chi connectivity index (χ2n) is 1.50. The van der Waals surface area contributed by atoms with E-state index in [0.717, 1.165) is 0 Å². The van der Waals surface area contributed by atoms with Crippen molar-refractivity contribution in [1.29, 1.82) is 0 Å². The Labute approximate surface area is 50.5 Å². The van der Waals surface area contributed by atoms with Crippen molar-refractivity contribution in [2.45, 2.75) is 19.6 Å². The van der Waals surface area contributed by atoms with Crippen LogP contribution in [0.15, 0.2) is 0 Å². The summed E-state index contributed by atoms with van der Waals surface area (Å²) in [6, 6.07) is 0. The van der Waals surface area contributed by atoms with Crippen LogP contribution in [0.3, 0.4) is 0 Å². The Bertz CT molecular complexity index is 11.6. The van der Waals surface area contributed by atoms with Gasteiger partial charge in [0.1, 0.15) is 0 Å². The molecule has 0 rings (SSSR count). The van der Waals surface area contributed by atoms with Gasteiger partial charge in [-0.15, -0.1) is 0 Å². The molecule has 0 saturated carbocycles. The zero-order valence-electron chi connectivity index (χ0n) is 4.00. The summed E-state index contributed by atoms with van der Waals surface area (Å²) in [5, 5.41) is 0. The third kappa shape index (κ3) is 48.9. The van der Waals surface area contributed by atoms with Crippen LogP contribution in [0, 0.1) is 0 Å². The molecule has 1 radical (unpaired) electrons. The molecular formula is C3H9SiTi. The van der Waals surface area contributed by atoms with Crippen molar-refractivity contribution in [3.05, 3.63) is 0 Å². The Morgan fingerprint density at radius 1 is 1.00 bits per heavy atom. The fraction of sp³-hybridized carbons (Fsp3) is 1.00. The van der Waals surface area contributed by atoms with Crippen LogP contribution in [0.2, 0.25) is 19.6 Å². The van der Waals surface area contributed by atoms with Gasteiger partial charge in [0.05, 0.1) is 0 Å². The molecule has 0 aromatic carbocycles. The van der Waals surface area contributed by atoms with Gasteiger partial charge in [0.25, 0.3) is 0 Å². The molecule has 29 valence electrons. The second kappa shape index (κ2) is 4.93. The smallest absolute Gasteiger partial charge is 0.0379 e. The summed E-state index contributed by atoms with van der Waals surface area (Å²) in [7, 11) is 0.120. The van der Waals surface area contributed by atoms with Crippen LogP contribution in [-0.2, 0) is 21.7 Å². The largest absolute Gasteiger partial charge is 0.0715 e. The van der Waals surface area contributed by atoms with E-state index in [1.807, 2.05) is 0 Å². The average molecular weight is 121 g/mol. The third-order valence-corrected chi connectivity index (χ3v) is 0. The Hall–Kier alpha value is 0.931. The molecule has 0 aliphatic carbocycles. The molecule has 0 bridgehead atoms. The predicted octanol–water partition coefficient (Wildman–Crippen LogP) is 1.37. The van der Waals surface area contributed by atoms with Crippen molar-refractivity contribution < 1.29 is 21.7 Å². The molecule has 0 aliphatic heterocycles. The van der Waals surface area contributed by atoms with E-state index in [1.165, 1.54) is 0 Å². The first-order valence-electron chi connectivity index (χ1n) is 1.50. The van der Waals surface area contributed by atoms with Crippen LogP contribution >= 0.6 is 0 Å². The number of rotatable bonds is 0. The molecule has 0 fully saturated rings. The van der Waals surface area contributed by atoms with Crippen LogP contribution in [0.4, 0.5) is 0 Å². The maximum atomic E-state index is 2.27. The minimum absolute atomic E-state index is 0. The molecule has 0 nitrogen and oxygen atoms in total. The molecule has 0 aromatic heterocycles. The Morgan fingerprint density at radius 3 is 1.00 bits per heavy atom. The summed E-state index contributed by atoms with van der Waals surface area (Å²) < 4.78 is 0. The van der Waals surface area contributed by atoms with Gasteiger partial charge in [-0.3, -0.25) is 0 Å². The average Bonchev–Trinajstić information content (AvgIpc) is 0.811. The molecule has 0 unspecified atom stereocenters. The van der Waals surface area contributed by atoms with Crippen molar-refractivity contribution in [2.75, 3.05) is 0 Å². The monoisotopic (exact) mass is 121 g/mol. The number of hydrogen-bond acceptors (Lipinski definition) is 0. The SMILES string of the molecule is C[Si](C)C.[Ti]. The second-order valence-corrected chi connectivity index (χ2v) is 4.50. The number of hydrogen-bond donors (Lipinski definition) is 0. The van der Waals surface area contributed by atoms with Gasteiger partial charge in [0.2, 0.25) is 0 Å². The fourth-order valence-corrected chi connectivity index (χ4v) is 0. The zero-order valence-corrected chi connectivity index (χ0v) is 6.56. The summed E-state index contributed by atoms with van der Waals surface area (Å²) in [4.78, 5) is 0. The van der Waals surface area contributed by atoms with Gasteiger partial charge in [-0.1, -0.05) is 19.6 Å². The first kappa shape index (κ1) is 9.33. The quantitative estimate of drug-likeness (QED) is 0.424. The van der Waals surface area contributed by atoms with Gasteiger partial charge in [-0.25, -0.2) is 0 Å². The Kier molecular flexibility index (Phi) is 9.20. The first-order valence-corrected chi connectivity index (χ1v) is 4.50. The summed E-state index contributed by atoms with van der Waals surface area (Å²) in [5.74, 6) is 0. The van der Waals surface area contributed by atoms with Gasteiger partial charge in [-0.05, 0) is 0 Å². The van der Waals surface area contributed by atoms with Crippen molar-refractivity contribution in [1.82, 2.24) is 0 Å². The molecule has 0 amide bonds. The van der Waals surface area contributed by atoms with Crippen LogP contribution in [0.5, 0.6) is 0 Å². The van der Waals surface area contributed by atoms with E-state index in [0.29, 0.717) is 0 Å². The molecule has 0 atom stereocenters. The van der Waals surface area contributed by atoms with Gasteiger partial charge >= 0.3 is 0 Å². The predicted molar refractivity (Wildman–Crippen MR) is 23.3 cm³/mol. The van der Waals surface area contributed by atoms with Gasteiger partial charge in [0, 0.05) is 30.5 Å². The maximum Gasteiger partial charge on any atom is 0.0379 e. The zero-order chi connectivity index (χ0) is 3.58. The van der Waals surface area contributed by atoms with Crippen LogP contribution in [-0.4, -0.2) is 8.80 Å². The van der Waals surface area contributed by atoms with E-state index in [4.69, 9.17) is 0 Å². The van der Waals surface area contributed by atoms with E-state index in [2.05, 4.69) is 19.6 Å². The molecule has 0 spiro atoms. The van der Waals surface area contributed by atoms with E-state index >= 15 is 0 Å². The third-order valence-electron chi connectivity index (χ3n) is 0.